The van der Waals surface area contributed by atoms with Gasteiger partial charge in [0.1, 0.15) is 10.6 Å². The minimum absolute atomic E-state index is 0.0529. The molecule has 2 aromatic heterocycles. The minimum Gasteiger partial charge on any atom is -0.465 e. The molecule has 0 fully saturated rings. The second-order valence-electron chi connectivity index (χ2n) is 5.75. The minimum atomic E-state index is -4.59. The van der Waals surface area contributed by atoms with E-state index in [0.717, 1.165) is 34.9 Å². The van der Waals surface area contributed by atoms with Gasteiger partial charge in [0.05, 0.1) is 22.3 Å². The number of ether oxygens (including phenoxy) is 1. The molecule has 0 atom stereocenters. The van der Waals surface area contributed by atoms with Gasteiger partial charge in [0.15, 0.2) is 5.58 Å². The molecule has 7 nitrogen and oxygen atoms in total. The number of thiophene rings is 1. The SMILES string of the molecule is COC(=O)c1cc2sc(N(C)S(=O)(=O)c3ccc(C(F)(F)F)cc3)cc2oc1=O. The van der Waals surface area contributed by atoms with Gasteiger partial charge in [0.25, 0.3) is 10.0 Å². The summed E-state index contributed by atoms with van der Waals surface area (Å²) in [5.74, 6) is -0.902. The summed E-state index contributed by atoms with van der Waals surface area (Å²) < 4.78 is 74.2. The molecule has 154 valence electrons. The number of methoxy groups -OCH3 is 1. The third kappa shape index (κ3) is 3.85. The summed E-state index contributed by atoms with van der Waals surface area (Å²) in [7, 11) is -1.88. The number of fused-ring (bicyclic) bond motifs is 1. The van der Waals surface area contributed by atoms with Gasteiger partial charge in [-0.05, 0) is 30.3 Å². The summed E-state index contributed by atoms with van der Waals surface area (Å²) in [4.78, 5) is 23.1. The summed E-state index contributed by atoms with van der Waals surface area (Å²) >= 11 is 0.911. The molecular weight excluding hydrogens is 435 g/mol. The molecule has 0 N–H and O–H groups in total. The molecule has 0 aliphatic heterocycles. The Morgan fingerprint density at radius 2 is 1.79 bits per heavy atom. The molecule has 1 aromatic carbocycles. The Morgan fingerprint density at radius 1 is 1.17 bits per heavy atom. The number of alkyl halides is 3. The maximum Gasteiger partial charge on any atom is 0.416 e. The van der Waals surface area contributed by atoms with E-state index in [4.69, 9.17) is 4.42 Å². The van der Waals surface area contributed by atoms with E-state index < -0.39 is 33.4 Å². The summed E-state index contributed by atoms with van der Waals surface area (Å²) in [6.07, 6.45) is -4.59. The molecule has 0 saturated carbocycles. The predicted molar refractivity (Wildman–Crippen MR) is 98.7 cm³/mol. The Hall–Kier alpha value is -2.86. The van der Waals surface area contributed by atoms with Crippen LogP contribution in [-0.4, -0.2) is 28.5 Å². The molecule has 0 aliphatic carbocycles. The number of esters is 1. The van der Waals surface area contributed by atoms with Crippen LogP contribution in [-0.2, 0) is 20.9 Å². The summed E-state index contributed by atoms with van der Waals surface area (Å²) in [6.45, 7) is 0. The fourth-order valence-electron chi connectivity index (χ4n) is 2.40. The number of anilines is 1. The lowest BCUT2D eigenvalue weighted by Crippen LogP contribution is -2.25. The summed E-state index contributed by atoms with van der Waals surface area (Å²) in [5.41, 5.74) is -2.21. The maximum absolute atomic E-state index is 12.7. The van der Waals surface area contributed by atoms with Crippen LogP contribution >= 0.6 is 11.3 Å². The molecule has 0 bridgehead atoms. The van der Waals surface area contributed by atoms with E-state index in [2.05, 4.69) is 4.74 Å². The van der Waals surface area contributed by atoms with Crippen LogP contribution in [0.2, 0.25) is 0 Å². The van der Waals surface area contributed by atoms with Gasteiger partial charge in [-0.3, -0.25) is 4.31 Å². The average molecular weight is 447 g/mol. The molecule has 3 aromatic rings. The van der Waals surface area contributed by atoms with Crippen LogP contribution < -0.4 is 9.93 Å². The fourth-order valence-corrected chi connectivity index (χ4v) is 4.79. The first kappa shape index (κ1) is 20.9. The van der Waals surface area contributed by atoms with Gasteiger partial charge in [-0.15, -0.1) is 11.3 Å². The highest BCUT2D eigenvalue weighted by molar-refractivity contribution is 7.93. The maximum atomic E-state index is 12.7. The Kier molecular flexibility index (Phi) is 5.17. The van der Waals surface area contributed by atoms with Crippen LogP contribution in [0.1, 0.15) is 15.9 Å². The van der Waals surface area contributed by atoms with Crippen molar-refractivity contribution in [2.24, 2.45) is 0 Å². The number of sulfonamides is 1. The molecule has 0 amide bonds. The fraction of sp³-hybridized carbons (Fsp3) is 0.176. The normalized spacial score (nSPS) is 12.2. The van der Waals surface area contributed by atoms with Crippen molar-refractivity contribution in [2.45, 2.75) is 11.1 Å². The van der Waals surface area contributed by atoms with Gasteiger partial charge in [0, 0.05) is 13.1 Å². The smallest absolute Gasteiger partial charge is 0.416 e. The molecule has 2 heterocycles. The molecule has 0 unspecified atom stereocenters. The lowest BCUT2D eigenvalue weighted by Gasteiger charge is -2.17. The van der Waals surface area contributed by atoms with Crippen LogP contribution in [0.25, 0.3) is 10.3 Å². The van der Waals surface area contributed by atoms with Crippen molar-refractivity contribution in [2.75, 3.05) is 18.5 Å². The van der Waals surface area contributed by atoms with Crippen molar-refractivity contribution in [3.63, 3.8) is 0 Å². The van der Waals surface area contributed by atoms with Crippen LogP contribution in [0, 0.1) is 0 Å². The van der Waals surface area contributed by atoms with Gasteiger partial charge in [0.2, 0.25) is 0 Å². The number of carbonyl (C=O) groups excluding carboxylic acids is 1. The average Bonchev–Trinajstić information content (AvgIpc) is 3.08. The number of hydrogen-bond acceptors (Lipinski definition) is 7. The van der Waals surface area contributed by atoms with Crippen molar-refractivity contribution < 1.29 is 35.5 Å². The zero-order valence-electron chi connectivity index (χ0n) is 14.8. The highest BCUT2D eigenvalue weighted by Crippen LogP contribution is 2.35. The summed E-state index contributed by atoms with van der Waals surface area (Å²) in [6, 6.07) is 5.57. The standard InChI is InChI=1S/C17H12F3NO6S2/c1-21(29(24,25)10-5-3-9(4-6-10)17(18,19)20)14-8-12-13(28-14)7-11(15(22)26-2)16(23)27-12/h3-8H,1-2H3. The number of carbonyl (C=O) groups is 1. The van der Waals surface area contributed by atoms with Gasteiger partial charge in [-0.1, -0.05) is 0 Å². The Morgan fingerprint density at radius 3 is 2.34 bits per heavy atom. The number of benzene rings is 1. The van der Waals surface area contributed by atoms with Crippen LogP contribution in [0.4, 0.5) is 18.2 Å². The van der Waals surface area contributed by atoms with Crippen LogP contribution in [0.5, 0.6) is 0 Å². The molecule has 0 radical (unpaired) electrons. The highest BCUT2D eigenvalue weighted by Gasteiger charge is 2.31. The molecule has 0 aliphatic rings. The molecule has 3 rings (SSSR count). The first-order chi connectivity index (χ1) is 13.4. The van der Waals surface area contributed by atoms with Crippen molar-refractivity contribution in [3.05, 3.63) is 57.9 Å². The predicted octanol–water partition coefficient (Wildman–Crippen LogP) is 3.49. The molecule has 0 spiro atoms. The Balaban J connectivity index is 2.00. The first-order valence-corrected chi connectivity index (χ1v) is 10.0. The highest BCUT2D eigenvalue weighted by atomic mass is 32.2. The lowest BCUT2D eigenvalue weighted by molar-refractivity contribution is -0.137. The number of hydrogen-bond donors (Lipinski definition) is 0. The van der Waals surface area contributed by atoms with Crippen LogP contribution in [0.15, 0.2) is 50.5 Å². The zero-order valence-corrected chi connectivity index (χ0v) is 16.4. The van der Waals surface area contributed by atoms with E-state index >= 15 is 0 Å². The quantitative estimate of drug-likeness (QED) is 0.569. The van der Waals surface area contributed by atoms with Crippen molar-refractivity contribution in [1.29, 1.82) is 0 Å². The topological polar surface area (TPSA) is 93.9 Å². The van der Waals surface area contributed by atoms with Crippen molar-refractivity contribution >= 4 is 42.6 Å². The van der Waals surface area contributed by atoms with Gasteiger partial charge in [-0.25, -0.2) is 18.0 Å². The molecule has 29 heavy (non-hydrogen) atoms. The third-order valence-electron chi connectivity index (χ3n) is 3.97. The second kappa shape index (κ2) is 7.19. The molecule has 0 saturated heterocycles. The van der Waals surface area contributed by atoms with Gasteiger partial charge < -0.3 is 9.15 Å². The number of nitrogens with zero attached hydrogens (tertiary/aromatic N) is 1. The molecule has 12 heteroatoms. The van der Waals surface area contributed by atoms with E-state index in [1.165, 1.54) is 19.2 Å². The summed E-state index contributed by atoms with van der Waals surface area (Å²) in [5, 5.41) is 0.130. The van der Waals surface area contributed by atoms with E-state index in [-0.39, 0.29) is 21.0 Å². The molecular formula is C17H12F3NO6S2. The second-order valence-corrected chi connectivity index (χ2v) is 8.78. The van der Waals surface area contributed by atoms with Gasteiger partial charge in [-0.2, -0.15) is 13.2 Å². The lowest BCUT2D eigenvalue weighted by atomic mass is 10.2. The van der Waals surface area contributed by atoms with Crippen molar-refractivity contribution in [3.8, 4) is 0 Å². The Labute approximate surface area is 166 Å². The first-order valence-electron chi connectivity index (χ1n) is 7.77. The Bertz CT molecular complexity index is 1240. The van der Waals surface area contributed by atoms with E-state index in [1.54, 1.807) is 0 Å². The largest absolute Gasteiger partial charge is 0.465 e. The van der Waals surface area contributed by atoms with E-state index in [1.807, 2.05) is 0 Å². The number of halogens is 3. The van der Waals surface area contributed by atoms with Crippen LogP contribution in [0.3, 0.4) is 0 Å². The third-order valence-corrected chi connectivity index (χ3v) is 7.01. The number of rotatable bonds is 4. The zero-order chi connectivity index (χ0) is 21.6. The van der Waals surface area contributed by atoms with E-state index in [9.17, 15) is 31.2 Å². The van der Waals surface area contributed by atoms with Gasteiger partial charge >= 0.3 is 17.8 Å². The van der Waals surface area contributed by atoms with E-state index in [0.29, 0.717) is 16.8 Å². The van der Waals surface area contributed by atoms with Crippen molar-refractivity contribution in [1.82, 2.24) is 0 Å². The monoisotopic (exact) mass is 447 g/mol.